The Morgan fingerprint density at radius 2 is 2.19 bits per heavy atom. The lowest BCUT2D eigenvalue weighted by molar-refractivity contribution is 0.321. The molecule has 0 aromatic carbocycles. The minimum Gasteiger partial charge on any atom is -0.330 e. The first kappa shape index (κ1) is 13.7. The molecule has 1 heterocycles. The SMILES string of the molecule is Cc1ccsc1CCNCC(C)(C)CCN. The number of nitrogens with one attached hydrogen (secondary N) is 1. The van der Waals surface area contributed by atoms with Gasteiger partial charge in [0, 0.05) is 11.4 Å². The minimum absolute atomic E-state index is 0.319. The Morgan fingerprint density at radius 1 is 1.44 bits per heavy atom. The van der Waals surface area contributed by atoms with Crippen LogP contribution in [-0.4, -0.2) is 19.6 Å². The summed E-state index contributed by atoms with van der Waals surface area (Å²) < 4.78 is 0. The molecule has 0 spiro atoms. The third-order valence-corrected chi connectivity index (χ3v) is 4.00. The second-order valence-corrected chi connectivity index (χ2v) is 6.16. The number of thiophene rings is 1. The summed E-state index contributed by atoms with van der Waals surface area (Å²) in [5.41, 5.74) is 7.33. The molecule has 1 rings (SSSR count). The van der Waals surface area contributed by atoms with Gasteiger partial charge in [-0.25, -0.2) is 0 Å². The summed E-state index contributed by atoms with van der Waals surface area (Å²) >= 11 is 1.86. The minimum atomic E-state index is 0.319. The van der Waals surface area contributed by atoms with Crippen LogP contribution in [-0.2, 0) is 6.42 Å². The summed E-state index contributed by atoms with van der Waals surface area (Å²) in [5.74, 6) is 0. The van der Waals surface area contributed by atoms with Crippen LogP contribution in [0, 0.1) is 12.3 Å². The summed E-state index contributed by atoms with van der Waals surface area (Å²) in [5, 5.41) is 5.70. The van der Waals surface area contributed by atoms with Gasteiger partial charge in [-0.2, -0.15) is 0 Å². The molecule has 0 aliphatic carbocycles. The fraction of sp³-hybridized carbons (Fsp3) is 0.692. The molecule has 0 unspecified atom stereocenters. The molecule has 3 heteroatoms. The molecule has 92 valence electrons. The normalized spacial score (nSPS) is 12.0. The topological polar surface area (TPSA) is 38.0 Å². The van der Waals surface area contributed by atoms with Crippen molar-refractivity contribution in [2.75, 3.05) is 19.6 Å². The van der Waals surface area contributed by atoms with E-state index in [9.17, 15) is 0 Å². The maximum Gasteiger partial charge on any atom is 0.00870 e. The number of aryl methyl sites for hydroxylation is 1. The van der Waals surface area contributed by atoms with E-state index in [-0.39, 0.29) is 0 Å². The van der Waals surface area contributed by atoms with Crippen LogP contribution in [0.3, 0.4) is 0 Å². The predicted octanol–water partition coefficient (Wildman–Crippen LogP) is 2.56. The Morgan fingerprint density at radius 3 is 2.75 bits per heavy atom. The molecular formula is C13H24N2S. The van der Waals surface area contributed by atoms with Gasteiger partial charge in [0.25, 0.3) is 0 Å². The van der Waals surface area contributed by atoms with Gasteiger partial charge < -0.3 is 11.1 Å². The van der Waals surface area contributed by atoms with E-state index in [1.54, 1.807) is 0 Å². The monoisotopic (exact) mass is 240 g/mol. The first-order valence-electron chi connectivity index (χ1n) is 5.99. The van der Waals surface area contributed by atoms with Crippen LogP contribution in [0.25, 0.3) is 0 Å². The van der Waals surface area contributed by atoms with E-state index >= 15 is 0 Å². The van der Waals surface area contributed by atoms with E-state index in [0.29, 0.717) is 5.41 Å². The van der Waals surface area contributed by atoms with Gasteiger partial charge in [-0.05, 0) is 55.3 Å². The Labute approximate surface area is 103 Å². The molecule has 3 N–H and O–H groups in total. The first-order chi connectivity index (χ1) is 7.55. The van der Waals surface area contributed by atoms with Gasteiger partial charge in [-0.3, -0.25) is 0 Å². The van der Waals surface area contributed by atoms with Gasteiger partial charge in [0.1, 0.15) is 0 Å². The second kappa shape index (κ2) is 6.38. The van der Waals surface area contributed by atoms with Gasteiger partial charge in [0.05, 0.1) is 0 Å². The zero-order valence-electron chi connectivity index (χ0n) is 10.7. The van der Waals surface area contributed by atoms with Crippen LogP contribution in [0.4, 0.5) is 0 Å². The molecule has 0 aliphatic rings. The summed E-state index contributed by atoms with van der Waals surface area (Å²) in [6, 6.07) is 2.19. The molecule has 2 nitrogen and oxygen atoms in total. The van der Waals surface area contributed by atoms with Crippen molar-refractivity contribution in [1.29, 1.82) is 0 Å². The van der Waals surface area contributed by atoms with E-state index in [2.05, 4.69) is 37.5 Å². The standard InChI is InChI=1S/C13H24N2S/c1-11-5-9-16-12(11)4-8-15-10-13(2,3)6-7-14/h5,9,15H,4,6-8,10,14H2,1-3H3. The molecule has 1 aromatic heterocycles. The highest BCUT2D eigenvalue weighted by molar-refractivity contribution is 7.10. The third-order valence-electron chi connectivity index (χ3n) is 2.92. The van der Waals surface area contributed by atoms with Crippen molar-refractivity contribution in [2.24, 2.45) is 11.1 Å². The van der Waals surface area contributed by atoms with Gasteiger partial charge >= 0.3 is 0 Å². The number of nitrogens with two attached hydrogens (primary N) is 1. The van der Waals surface area contributed by atoms with E-state index in [1.165, 1.54) is 10.4 Å². The molecule has 0 amide bonds. The van der Waals surface area contributed by atoms with Crippen LogP contribution < -0.4 is 11.1 Å². The van der Waals surface area contributed by atoms with Crippen molar-refractivity contribution in [2.45, 2.75) is 33.6 Å². The summed E-state index contributed by atoms with van der Waals surface area (Å²) in [6.45, 7) is 9.61. The summed E-state index contributed by atoms with van der Waals surface area (Å²) in [4.78, 5) is 1.50. The van der Waals surface area contributed by atoms with Gasteiger partial charge in [-0.1, -0.05) is 13.8 Å². The third kappa shape index (κ3) is 4.64. The number of rotatable bonds is 7. The molecular weight excluding hydrogens is 216 g/mol. The Kier molecular flexibility index (Phi) is 5.46. The highest BCUT2D eigenvalue weighted by Crippen LogP contribution is 2.18. The number of hydrogen-bond donors (Lipinski definition) is 2. The van der Waals surface area contributed by atoms with Crippen molar-refractivity contribution in [1.82, 2.24) is 5.32 Å². The molecule has 0 aliphatic heterocycles. The Balaban J connectivity index is 2.19. The first-order valence-corrected chi connectivity index (χ1v) is 6.87. The van der Waals surface area contributed by atoms with Crippen molar-refractivity contribution in [3.8, 4) is 0 Å². The van der Waals surface area contributed by atoms with Crippen molar-refractivity contribution in [3.05, 3.63) is 21.9 Å². The molecule has 0 saturated carbocycles. The predicted molar refractivity (Wildman–Crippen MR) is 73.1 cm³/mol. The fourth-order valence-electron chi connectivity index (χ4n) is 1.77. The lowest BCUT2D eigenvalue weighted by Gasteiger charge is -2.24. The average molecular weight is 240 g/mol. The van der Waals surface area contributed by atoms with Crippen molar-refractivity contribution in [3.63, 3.8) is 0 Å². The molecule has 0 fully saturated rings. The average Bonchev–Trinajstić information content (AvgIpc) is 2.59. The van der Waals surface area contributed by atoms with Gasteiger partial charge in [0.15, 0.2) is 0 Å². The van der Waals surface area contributed by atoms with Crippen LogP contribution in [0.5, 0.6) is 0 Å². The summed E-state index contributed by atoms with van der Waals surface area (Å²) in [7, 11) is 0. The molecule has 0 radical (unpaired) electrons. The highest BCUT2D eigenvalue weighted by Gasteiger charge is 2.15. The Bertz CT molecular complexity index is 305. The zero-order chi connectivity index (χ0) is 12.0. The number of hydrogen-bond acceptors (Lipinski definition) is 3. The molecule has 1 aromatic rings. The fourth-order valence-corrected chi connectivity index (χ4v) is 2.68. The molecule has 0 saturated heterocycles. The second-order valence-electron chi connectivity index (χ2n) is 5.16. The zero-order valence-corrected chi connectivity index (χ0v) is 11.5. The largest absolute Gasteiger partial charge is 0.330 e. The lowest BCUT2D eigenvalue weighted by atomic mass is 9.89. The smallest absolute Gasteiger partial charge is 0.00870 e. The van der Waals surface area contributed by atoms with Crippen LogP contribution in [0.2, 0.25) is 0 Å². The van der Waals surface area contributed by atoms with Crippen LogP contribution in [0.1, 0.15) is 30.7 Å². The maximum atomic E-state index is 5.59. The molecule has 0 atom stereocenters. The van der Waals surface area contributed by atoms with Crippen molar-refractivity contribution >= 4 is 11.3 Å². The maximum absolute atomic E-state index is 5.59. The van der Waals surface area contributed by atoms with Crippen LogP contribution in [0.15, 0.2) is 11.4 Å². The Hall–Kier alpha value is -0.380. The molecule has 16 heavy (non-hydrogen) atoms. The van der Waals surface area contributed by atoms with Crippen LogP contribution >= 0.6 is 11.3 Å². The van der Waals surface area contributed by atoms with E-state index in [1.807, 2.05) is 11.3 Å². The van der Waals surface area contributed by atoms with Gasteiger partial charge in [0.2, 0.25) is 0 Å². The van der Waals surface area contributed by atoms with E-state index in [4.69, 9.17) is 5.73 Å². The summed E-state index contributed by atoms with van der Waals surface area (Å²) in [6.07, 6.45) is 2.22. The van der Waals surface area contributed by atoms with E-state index < -0.39 is 0 Å². The highest BCUT2D eigenvalue weighted by atomic mass is 32.1. The quantitative estimate of drug-likeness (QED) is 0.719. The van der Waals surface area contributed by atoms with E-state index in [0.717, 1.165) is 32.5 Å². The molecule has 0 bridgehead atoms. The van der Waals surface area contributed by atoms with Gasteiger partial charge in [-0.15, -0.1) is 11.3 Å². The lowest BCUT2D eigenvalue weighted by Crippen LogP contribution is -2.32. The van der Waals surface area contributed by atoms with Crippen molar-refractivity contribution < 1.29 is 0 Å².